The molecule has 0 bridgehead atoms. The predicted octanol–water partition coefficient (Wildman–Crippen LogP) is 2.43. The summed E-state index contributed by atoms with van der Waals surface area (Å²) in [5.74, 6) is -1.04. The van der Waals surface area contributed by atoms with Gasteiger partial charge in [0.25, 0.3) is 0 Å². The van der Waals surface area contributed by atoms with E-state index in [1.807, 2.05) is 7.05 Å². The van der Waals surface area contributed by atoms with E-state index < -0.39 is 11.6 Å². The third kappa shape index (κ3) is 4.15. The van der Waals surface area contributed by atoms with Gasteiger partial charge in [-0.3, -0.25) is 0 Å². The van der Waals surface area contributed by atoms with Crippen LogP contribution in [0.3, 0.4) is 0 Å². The Morgan fingerprint density at radius 3 is 2.38 bits per heavy atom. The molecule has 90 valence electrons. The van der Waals surface area contributed by atoms with Crippen molar-refractivity contribution in [1.29, 1.82) is 0 Å². The minimum atomic E-state index is -0.520. The monoisotopic (exact) mass is 292 g/mol. The van der Waals surface area contributed by atoms with E-state index in [9.17, 15) is 8.78 Å². The highest BCUT2D eigenvalue weighted by molar-refractivity contribution is 9.10. The maximum Gasteiger partial charge on any atom is 0.131 e. The van der Waals surface area contributed by atoms with E-state index in [0.29, 0.717) is 4.47 Å². The van der Waals surface area contributed by atoms with Crippen molar-refractivity contribution in [3.8, 4) is 0 Å². The summed E-state index contributed by atoms with van der Waals surface area (Å²) in [6.07, 6.45) is 0.927. The quantitative estimate of drug-likeness (QED) is 0.787. The minimum absolute atomic E-state index is 0.0904. The first-order valence-electron chi connectivity index (χ1n) is 5.14. The van der Waals surface area contributed by atoms with Gasteiger partial charge in [0.1, 0.15) is 11.6 Å². The third-order valence-corrected chi connectivity index (χ3v) is 2.65. The molecule has 1 aromatic carbocycles. The maximum atomic E-state index is 13.4. The van der Waals surface area contributed by atoms with Crippen LogP contribution in [0.25, 0.3) is 0 Å². The normalized spacial score (nSPS) is 10.8. The smallest absolute Gasteiger partial charge is 0.131 e. The molecule has 0 aromatic heterocycles. The van der Waals surface area contributed by atoms with Crippen molar-refractivity contribution in [3.63, 3.8) is 0 Å². The fraction of sp³-hybridized carbons (Fsp3) is 0.455. The van der Waals surface area contributed by atoms with Crippen LogP contribution in [-0.2, 0) is 6.54 Å². The average molecular weight is 293 g/mol. The first-order valence-corrected chi connectivity index (χ1v) is 5.93. The zero-order chi connectivity index (χ0) is 12.0. The van der Waals surface area contributed by atoms with Crippen LogP contribution in [0.15, 0.2) is 16.6 Å². The molecule has 2 N–H and O–H groups in total. The molecule has 0 aliphatic rings. The van der Waals surface area contributed by atoms with Gasteiger partial charge in [0.15, 0.2) is 0 Å². The van der Waals surface area contributed by atoms with Crippen molar-refractivity contribution >= 4 is 15.9 Å². The Balaban J connectivity index is 2.47. The Morgan fingerprint density at radius 1 is 1.19 bits per heavy atom. The summed E-state index contributed by atoms with van der Waals surface area (Å²) in [6, 6.07) is 2.54. The standard InChI is InChI=1S/C11H15BrF2N2/c1-15-3-2-4-16-7-9-10(13)5-8(12)6-11(9)14/h5-6,15-16H,2-4,7H2,1H3. The van der Waals surface area contributed by atoms with Gasteiger partial charge in [-0.25, -0.2) is 8.78 Å². The lowest BCUT2D eigenvalue weighted by atomic mass is 10.2. The lowest BCUT2D eigenvalue weighted by Crippen LogP contribution is -2.20. The summed E-state index contributed by atoms with van der Waals surface area (Å²) in [5, 5.41) is 6.00. The van der Waals surface area contributed by atoms with Crippen LogP contribution in [0.2, 0.25) is 0 Å². The first-order chi connectivity index (χ1) is 7.65. The van der Waals surface area contributed by atoms with Crippen molar-refractivity contribution in [3.05, 3.63) is 33.8 Å². The van der Waals surface area contributed by atoms with Crippen LogP contribution in [0, 0.1) is 11.6 Å². The zero-order valence-electron chi connectivity index (χ0n) is 9.12. The van der Waals surface area contributed by atoms with Gasteiger partial charge in [-0.15, -0.1) is 0 Å². The lowest BCUT2D eigenvalue weighted by Gasteiger charge is -2.07. The molecule has 0 radical (unpaired) electrons. The van der Waals surface area contributed by atoms with Gasteiger partial charge in [0.2, 0.25) is 0 Å². The molecular weight excluding hydrogens is 278 g/mol. The molecule has 0 atom stereocenters. The molecule has 0 unspecified atom stereocenters. The van der Waals surface area contributed by atoms with Crippen molar-refractivity contribution in [2.45, 2.75) is 13.0 Å². The highest BCUT2D eigenvalue weighted by Crippen LogP contribution is 2.19. The van der Waals surface area contributed by atoms with Gasteiger partial charge in [-0.2, -0.15) is 0 Å². The Morgan fingerprint density at radius 2 is 1.81 bits per heavy atom. The molecule has 0 saturated heterocycles. The van der Waals surface area contributed by atoms with Gasteiger partial charge in [0, 0.05) is 16.6 Å². The number of hydrogen-bond donors (Lipinski definition) is 2. The molecule has 5 heteroatoms. The van der Waals surface area contributed by atoms with Crippen LogP contribution >= 0.6 is 15.9 Å². The van der Waals surface area contributed by atoms with Crippen LogP contribution in [0.4, 0.5) is 8.78 Å². The Hall–Kier alpha value is -0.520. The summed E-state index contributed by atoms with van der Waals surface area (Å²) in [5.41, 5.74) is 0.0904. The second-order valence-corrected chi connectivity index (χ2v) is 4.40. The van der Waals surface area contributed by atoms with Crippen LogP contribution in [-0.4, -0.2) is 20.1 Å². The van der Waals surface area contributed by atoms with Gasteiger partial charge in [-0.05, 0) is 38.7 Å². The number of benzene rings is 1. The van der Waals surface area contributed by atoms with Crippen LogP contribution < -0.4 is 10.6 Å². The molecule has 0 spiro atoms. The van der Waals surface area contributed by atoms with Gasteiger partial charge in [-0.1, -0.05) is 15.9 Å². The van der Waals surface area contributed by atoms with Gasteiger partial charge >= 0.3 is 0 Å². The van der Waals surface area contributed by atoms with E-state index in [2.05, 4.69) is 26.6 Å². The molecule has 0 aliphatic carbocycles. The largest absolute Gasteiger partial charge is 0.320 e. The summed E-state index contributed by atoms with van der Waals surface area (Å²) in [7, 11) is 1.87. The van der Waals surface area contributed by atoms with Gasteiger partial charge < -0.3 is 10.6 Å². The van der Waals surface area contributed by atoms with Crippen LogP contribution in [0.5, 0.6) is 0 Å². The summed E-state index contributed by atoms with van der Waals surface area (Å²) >= 11 is 3.04. The highest BCUT2D eigenvalue weighted by atomic mass is 79.9. The van der Waals surface area contributed by atoms with E-state index >= 15 is 0 Å². The molecule has 0 saturated carbocycles. The van der Waals surface area contributed by atoms with Crippen molar-refractivity contribution in [1.82, 2.24) is 10.6 Å². The molecule has 1 aromatic rings. The van der Waals surface area contributed by atoms with E-state index in [0.717, 1.165) is 19.5 Å². The molecule has 0 fully saturated rings. The van der Waals surface area contributed by atoms with E-state index in [1.54, 1.807) is 0 Å². The van der Waals surface area contributed by atoms with E-state index in [4.69, 9.17) is 0 Å². The first kappa shape index (κ1) is 13.5. The average Bonchev–Trinajstić information content (AvgIpc) is 2.20. The van der Waals surface area contributed by atoms with Crippen molar-refractivity contribution < 1.29 is 8.78 Å². The second-order valence-electron chi connectivity index (χ2n) is 3.48. The molecular formula is C11H15BrF2N2. The fourth-order valence-corrected chi connectivity index (χ4v) is 1.75. The molecule has 2 nitrogen and oxygen atoms in total. The van der Waals surface area contributed by atoms with E-state index in [-0.39, 0.29) is 12.1 Å². The minimum Gasteiger partial charge on any atom is -0.320 e. The molecule has 16 heavy (non-hydrogen) atoms. The molecule has 1 rings (SSSR count). The number of rotatable bonds is 6. The lowest BCUT2D eigenvalue weighted by molar-refractivity contribution is 0.529. The Bertz CT molecular complexity index is 322. The number of nitrogens with one attached hydrogen (secondary N) is 2. The maximum absolute atomic E-state index is 13.4. The van der Waals surface area contributed by atoms with Crippen molar-refractivity contribution in [2.75, 3.05) is 20.1 Å². The predicted molar refractivity (Wildman–Crippen MR) is 64.3 cm³/mol. The summed E-state index contributed by atoms with van der Waals surface area (Å²) < 4.78 is 27.1. The molecule has 0 amide bonds. The summed E-state index contributed by atoms with van der Waals surface area (Å²) in [6.45, 7) is 1.84. The van der Waals surface area contributed by atoms with E-state index in [1.165, 1.54) is 12.1 Å². The Kier molecular flexibility index (Phi) is 5.87. The molecule has 0 heterocycles. The zero-order valence-corrected chi connectivity index (χ0v) is 10.7. The fourth-order valence-electron chi connectivity index (χ4n) is 1.34. The molecule has 0 aliphatic heterocycles. The number of halogens is 3. The second kappa shape index (κ2) is 6.93. The third-order valence-electron chi connectivity index (χ3n) is 2.19. The summed E-state index contributed by atoms with van der Waals surface area (Å²) in [4.78, 5) is 0. The SMILES string of the molecule is CNCCCNCc1c(F)cc(Br)cc1F. The Labute approximate surface area is 103 Å². The topological polar surface area (TPSA) is 24.1 Å². The van der Waals surface area contributed by atoms with Gasteiger partial charge in [0.05, 0.1) is 0 Å². The van der Waals surface area contributed by atoms with Crippen molar-refractivity contribution in [2.24, 2.45) is 0 Å². The van der Waals surface area contributed by atoms with Crippen LogP contribution in [0.1, 0.15) is 12.0 Å². The highest BCUT2D eigenvalue weighted by Gasteiger charge is 2.09. The number of hydrogen-bond acceptors (Lipinski definition) is 2.